The topological polar surface area (TPSA) is 38.3 Å². The van der Waals surface area contributed by atoms with Crippen LogP contribution in [0.3, 0.4) is 0 Å². The molecule has 0 aromatic rings. The largest absolute Gasteiger partial charge is 0.466 e. The van der Waals surface area contributed by atoms with E-state index in [-0.39, 0.29) is 5.97 Å². The fourth-order valence-electron chi connectivity index (χ4n) is 3.04. The molecule has 2 saturated heterocycles. The van der Waals surface area contributed by atoms with Crippen LogP contribution in [-0.2, 0) is 9.53 Å². The molecule has 17 heavy (non-hydrogen) atoms. The average Bonchev–Trinajstić information content (AvgIpc) is 2.57. The lowest BCUT2D eigenvalue weighted by Crippen LogP contribution is -2.38. The minimum atomic E-state index is 0.0111. The quantitative estimate of drug-likeness (QED) is 0.749. The van der Waals surface area contributed by atoms with E-state index in [2.05, 4.69) is 19.2 Å². The zero-order valence-corrected chi connectivity index (χ0v) is 11.1. The second-order valence-electron chi connectivity index (χ2n) is 6.08. The monoisotopic (exact) mass is 239 g/mol. The molecule has 2 aliphatic heterocycles. The Hall–Kier alpha value is -0.570. The summed E-state index contributed by atoms with van der Waals surface area (Å²) in [4.78, 5) is 11.7. The number of rotatable bonds is 5. The number of piperidine rings is 1. The molecule has 2 atom stereocenters. The molecule has 0 amide bonds. The molecule has 0 spiro atoms. The lowest BCUT2D eigenvalue weighted by Gasteiger charge is -2.28. The maximum atomic E-state index is 11.7. The third-order valence-electron chi connectivity index (χ3n) is 3.98. The molecule has 1 N–H and O–H groups in total. The molecule has 2 rings (SSSR count). The summed E-state index contributed by atoms with van der Waals surface area (Å²) in [5.74, 6) is 1.18. The first-order valence-electron chi connectivity index (χ1n) is 7.05. The van der Waals surface area contributed by atoms with Crippen LogP contribution in [0, 0.1) is 11.8 Å². The molecule has 3 nitrogen and oxygen atoms in total. The SMILES string of the molecule is CC(C)CCOC(=O)CC1CC2CCC(C1)N2. The maximum Gasteiger partial charge on any atom is 0.306 e. The fraction of sp³-hybridized carbons (Fsp3) is 0.929. The van der Waals surface area contributed by atoms with E-state index in [1.807, 2.05) is 0 Å². The van der Waals surface area contributed by atoms with Gasteiger partial charge in [-0.05, 0) is 43.9 Å². The normalized spacial score (nSPS) is 31.8. The van der Waals surface area contributed by atoms with Gasteiger partial charge in [-0.3, -0.25) is 4.79 Å². The molecule has 2 aliphatic rings. The summed E-state index contributed by atoms with van der Waals surface area (Å²) in [7, 11) is 0. The van der Waals surface area contributed by atoms with Crippen LogP contribution < -0.4 is 5.32 Å². The predicted molar refractivity (Wildman–Crippen MR) is 67.7 cm³/mol. The van der Waals surface area contributed by atoms with Gasteiger partial charge in [-0.1, -0.05) is 13.8 Å². The van der Waals surface area contributed by atoms with Gasteiger partial charge in [0.25, 0.3) is 0 Å². The van der Waals surface area contributed by atoms with Crippen molar-refractivity contribution < 1.29 is 9.53 Å². The highest BCUT2D eigenvalue weighted by molar-refractivity contribution is 5.69. The summed E-state index contributed by atoms with van der Waals surface area (Å²) in [5, 5.41) is 3.60. The standard InChI is InChI=1S/C14H25NO2/c1-10(2)5-6-17-14(16)9-11-7-12-3-4-13(8-11)15-12/h10-13,15H,3-9H2,1-2H3. The van der Waals surface area contributed by atoms with Crippen LogP contribution >= 0.6 is 0 Å². The molecule has 0 aliphatic carbocycles. The molecule has 0 saturated carbocycles. The molecular formula is C14H25NO2. The highest BCUT2D eigenvalue weighted by Crippen LogP contribution is 2.32. The number of hydrogen-bond donors (Lipinski definition) is 1. The van der Waals surface area contributed by atoms with Gasteiger partial charge < -0.3 is 10.1 Å². The Labute approximate surface area is 104 Å². The summed E-state index contributed by atoms with van der Waals surface area (Å²) in [5.41, 5.74) is 0. The van der Waals surface area contributed by atoms with E-state index in [4.69, 9.17) is 4.74 Å². The summed E-state index contributed by atoms with van der Waals surface area (Å²) in [6, 6.07) is 1.34. The van der Waals surface area contributed by atoms with E-state index in [9.17, 15) is 4.79 Å². The van der Waals surface area contributed by atoms with Crippen molar-refractivity contribution in [2.24, 2.45) is 11.8 Å². The van der Waals surface area contributed by atoms with Gasteiger partial charge in [0.15, 0.2) is 0 Å². The summed E-state index contributed by atoms with van der Waals surface area (Å²) < 4.78 is 5.29. The summed E-state index contributed by atoms with van der Waals surface area (Å²) >= 11 is 0. The van der Waals surface area contributed by atoms with E-state index in [0.29, 0.717) is 36.9 Å². The second kappa shape index (κ2) is 5.85. The van der Waals surface area contributed by atoms with Gasteiger partial charge in [-0.25, -0.2) is 0 Å². The Balaban J connectivity index is 1.65. The molecule has 98 valence electrons. The Morgan fingerprint density at radius 1 is 1.29 bits per heavy atom. The van der Waals surface area contributed by atoms with Crippen LogP contribution in [0.15, 0.2) is 0 Å². The van der Waals surface area contributed by atoms with Gasteiger partial charge in [0.05, 0.1) is 6.61 Å². The van der Waals surface area contributed by atoms with E-state index >= 15 is 0 Å². The van der Waals surface area contributed by atoms with Crippen molar-refractivity contribution in [3.63, 3.8) is 0 Å². The van der Waals surface area contributed by atoms with Gasteiger partial charge in [0, 0.05) is 18.5 Å². The van der Waals surface area contributed by atoms with Gasteiger partial charge in [0.2, 0.25) is 0 Å². The van der Waals surface area contributed by atoms with Crippen molar-refractivity contribution in [2.45, 2.75) is 64.5 Å². The Bertz CT molecular complexity index is 253. The molecule has 2 bridgehead atoms. The third kappa shape index (κ3) is 3.98. The number of ether oxygens (including phenoxy) is 1. The number of fused-ring (bicyclic) bond motifs is 2. The Morgan fingerprint density at radius 2 is 1.94 bits per heavy atom. The van der Waals surface area contributed by atoms with Crippen molar-refractivity contribution in [2.75, 3.05) is 6.61 Å². The Morgan fingerprint density at radius 3 is 2.53 bits per heavy atom. The van der Waals surface area contributed by atoms with Crippen LogP contribution in [0.2, 0.25) is 0 Å². The predicted octanol–water partition coefficient (Wildman–Crippen LogP) is 2.50. The first kappa shape index (κ1) is 12.9. The highest BCUT2D eigenvalue weighted by Gasteiger charge is 2.34. The second-order valence-corrected chi connectivity index (χ2v) is 6.08. The van der Waals surface area contributed by atoms with Crippen LogP contribution in [0.5, 0.6) is 0 Å². The number of carbonyl (C=O) groups excluding carboxylic acids is 1. The molecule has 3 heteroatoms. The number of esters is 1. The van der Waals surface area contributed by atoms with E-state index in [1.54, 1.807) is 0 Å². The summed E-state index contributed by atoms with van der Waals surface area (Å²) in [6.07, 6.45) is 6.52. The van der Waals surface area contributed by atoms with Crippen molar-refractivity contribution in [3.05, 3.63) is 0 Å². The Kier molecular flexibility index (Phi) is 4.43. The van der Waals surface area contributed by atoms with E-state index < -0.39 is 0 Å². The molecule has 2 heterocycles. The molecule has 0 aromatic heterocycles. The fourth-order valence-corrected chi connectivity index (χ4v) is 3.04. The first-order chi connectivity index (χ1) is 8.13. The minimum Gasteiger partial charge on any atom is -0.466 e. The van der Waals surface area contributed by atoms with Crippen LogP contribution in [0.25, 0.3) is 0 Å². The smallest absolute Gasteiger partial charge is 0.306 e. The van der Waals surface area contributed by atoms with Gasteiger partial charge in [-0.15, -0.1) is 0 Å². The van der Waals surface area contributed by atoms with Crippen molar-refractivity contribution in [1.29, 1.82) is 0 Å². The molecule has 0 aromatic carbocycles. The van der Waals surface area contributed by atoms with Crippen LogP contribution in [0.1, 0.15) is 52.4 Å². The lowest BCUT2D eigenvalue weighted by molar-refractivity contribution is -0.145. The van der Waals surface area contributed by atoms with Gasteiger partial charge >= 0.3 is 5.97 Å². The molecule has 2 unspecified atom stereocenters. The highest BCUT2D eigenvalue weighted by atomic mass is 16.5. The van der Waals surface area contributed by atoms with E-state index in [0.717, 1.165) is 19.3 Å². The molecule has 0 radical (unpaired) electrons. The zero-order chi connectivity index (χ0) is 12.3. The molecular weight excluding hydrogens is 214 g/mol. The lowest BCUT2D eigenvalue weighted by atomic mass is 9.90. The number of hydrogen-bond acceptors (Lipinski definition) is 3. The summed E-state index contributed by atoms with van der Waals surface area (Å²) in [6.45, 7) is 4.89. The average molecular weight is 239 g/mol. The van der Waals surface area contributed by atoms with Gasteiger partial charge in [-0.2, -0.15) is 0 Å². The van der Waals surface area contributed by atoms with Crippen molar-refractivity contribution in [3.8, 4) is 0 Å². The first-order valence-corrected chi connectivity index (χ1v) is 7.05. The maximum absolute atomic E-state index is 11.7. The minimum absolute atomic E-state index is 0.0111. The third-order valence-corrected chi connectivity index (χ3v) is 3.98. The zero-order valence-electron chi connectivity index (χ0n) is 11.1. The van der Waals surface area contributed by atoms with Crippen molar-refractivity contribution >= 4 is 5.97 Å². The van der Waals surface area contributed by atoms with Gasteiger partial charge in [0.1, 0.15) is 0 Å². The van der Waals surface area contributed by atoms with Crippen molar-refractivity contribution in [1.82, 2.24) is 5.32 Å². The van der Waals surface area contributed by atoms with E-state index in [1.165, 1.54) is 12.8 Å². The number of nitrogens with one attached hydrogen (secondary N) is 1. The molecule has 2 fully saturated rings. The van der Waals surface area contributed by atoms with Crippen LogP contribution in [-0.4, -0.2) is 24.7 Å². The number of carbonyl (C=O) groups is 1. The van der Waals surface area contributed by atoms with Crippen LogP contribution in [0.4, 0.5) is 0 Å².